The van der Waals surface area contributed by atoms with Crippen molar-refractivity contribution in [1.82, 2.24) is 10.1 Å². The van der Waals surface area contributed by atoms with Crippen LogP contribution in [0.1, 0.15) is 37.4 Å². The van der Waals surface area contributed by atoms with Crippen LogP contribution in [0.25, 0.3) is 0 Å². The average molecular weight is 226 g/mol. The summed E-state index contributed by atoms with van der Waals surface area (Å²) in [5.41, 5.74) is 0. The van der Waals surface area contributed by atoms with Crippen LogP contribution < -0.4 is 0 Å². The maximum atomic E-state index is 8.66. The largest absolute Gasteiger partial charge is 0.396 e. The molecule has 2 heterocycles. The molecule has 1 aliphatic heterocycles. The van der Waals surface area contributed by atoms with E-state index in [1.54, 1.807) is 0 Å². The first-order valence-corrected chi connectivity index (χ1v) is 5.92. The maximum absolute atomic E-state index is 8.66. The summed E-state index contributed by atoms with van der Waals surface area (Å²) in [6.07, 6.45) is 5.66. The molecule has 16 heavy (non-hydrogen) atoms. The summed E-state index contributed by atoms with van der Waals surface area (Å²) < 4.78 is 10.6. The lowest BCUT2D eigenvalue weighted by Crippen LogP contribution is -2.09. The monoisotopic (exact) mass is 226 g/mol. The summed E-state index contributed by atoms with van der Waals surface area (Å²) in [5.74, 6) is 1.41. The second-order valence-corrected chi connectivity index (χ2v) is 4.12. The van der Waals surface area contributed by atoms with Gasteiger partial charge in [-0.3, -0.25) is 0 Å². The molecule has 1 aromatic rings. The smallest absolute Gasteiger partial charge is 0.226 e. The van der Waals surface area contributed by atoms with Crippen molar-refractivity contribution in [3.05, 3.63) is 11.7 Å². The Labute approximate surface area is 94.8 Å². The second kappa shape index (κ2) is 5.96. The van der Waals surface area contributed by atoms with Crippen LogP contribution in [-0.2, 0) is 17.6 Å². The number of rotatable bonds is 6. The molecule has 0 aliphatic carbocycles. The van der Waals surface area contributed by atoms with E-state index in [1.807, 2.05) is 0 Å². The van der Waals surface area contributed by atoms with Gasteiger partial charge in [0.05, 0.1) is 6.10 Å². The number of aliphatic hydroxyl groups is 1. The number of nitrogens with zero attached hydrogens (tertiary/aromatic N) is 2. The van der Waals surface area contributed by atoms with Crippen LogP contribution in [0.4, 0.5) is 0 Å². The van der Waals surface area contributed by atoms with Gasteiger partial charge in [-0.05, 0) is 25.7 Å². The van der Waals surface area contributed by atoms with Gasteiger partial charge in [-0.1, -0.05) is 5.16 Å². The van der Waals surface area contributed by atoms with Gasteiger partial charge in [0.2, 0.25) is 5.89 Å². The predicted molar refractivity (Wildman–Crippen MR) is 57.0 cm³/mol. The van der Waals surface area contributed by atoms with E-state index in [4.69, 9.17) is 14.4 Å². The second-order valence-electron chi connectivity index (χ2n) is 4.12. The Balaban J connectivity index is 1.77. The first-order valence-electron chi connectivity index (χ1n) is 5.92. The summed E-state index contributed by atoms with van der Waals surface area (Å²) >= 11 is 0. The normalized spacial score (nSPS) is 20.4. The fourth-order valence-electron chi connectivity index (χ4n) is 1.87. The fourth-order valence-corrected chi connectivity index (χ4v) is 1.87. The Hall–Kier alpha value is -0.940. The molecular formula is C11H18N2O3. The van der Waals surface area contributed by atoms with Crippen molar-refractivity contribution in [3.8, 4) is 0 Å². The first-order chi connectivity index (χ1) is 7.88. The maximum Gasteiger partial charge on any atom is 0.226 e. The minimum Gasteiger partial charge on any atom is -0.396 e. The van der Waals surface area contributed by atoms with Crippen molar-refractivity contribution < 1.29 is 14.4 Å². The highest BCUT2D eigenvalue weighted by atomic mass is 16.5. The Kier molecular flexibility index (Phi) is 4.30. The summed E-state index contributed by atoms with van der Waals surface area (Å²) in [6.45, 7) is 1.07. The van der Waals surface area contributed by atoms with E-state index in [1.165, 1.54) is 0 Å². The Bertz CT molecular complexity index is 308. The lowest BCUT2D eigenvalue weighted by atomic mass is 10.2. The molecule has 1 aliphatic rings. The summed E-state index contributed by atoms with van der Waals surface area (Å²) in [5, 5.41) is 12.6. The van der Waals surface area contributed by atoms with Gasteiger partial charge in [0.15, 0.2) is 5.82 Å². The fraction of sp³-hybridized carbons (Fsp3) is 0.818. The van der Waals surface area contributed by atoms with E-state index < -0.39 is 0 Å². The first kappa shape index (κ1) is 11.5. The van der Waals surface area contributed by atoms with Crippen LogP contribution >= 0.6 is 0 Å². The van der Waals surface area contributed by atoms with Gasteiger partial charge >= 0.3 is 0 Å². The van der Waals surface area contributed by atoms with E-state index in [-0.39, 0.29) is 12.7 Å². The van der Waals surface area contributed by atoms with Crippen molar-refractivity contribution in [2.24, 2.45) is 0 Å². The van der Waals surface area contributed by atoms with E-state index in [9.17, 15) is 0 Å². The number of hydrogen-bond acceptors (Lipinski definition) is 5. The molecule has 1 aromatic heterocycles. The molecule has 1 atom stereocenters. The molecule has 90 valence electrons. The highest BCUT2D eigenvalue weighted by molar-refractivity contribution is 4.89. The third kappa shape index (κ3) is 3.28. The van der Waals surface area contributed by atoms with E-state index in [2.05, 4.69) is 10.1 Å². The van der Waals surface area contributed by atoms with E-state index in [0.29, 0.717) is 5.89 Å². The van der Waals surface area contributed by atoms with Gasteiger partial charge < -0.3 is 14.4 Å². The van der Waals surface area contributed by atoms with Crippen molar-refractivity contribution in [2.45, 2.75) is 44.6 Å². The summed E-state index contributed by atoms with van der Waals surface area (Å²) in [4.78, 5) is 4.31. The minimum absolute atomic E-state index is 0.219. The quantitative estimate of drug-likeness (QED) is 0.736. The van der Waals surface area contributed by atoms with E-state index >= 15 is 0 Å². The molecule has 0 spiro atoms. The van der Waals surface area contributed by atoms with Crippen LogP contribution in [0, 0.1) is 0 Å². The van der Waals surface area contributed by atoms with Crippen LogP contribution in [0.15, 0.2) is 4.52 Å². The molecule has 2 rings (SSSR count). The van der Waals surface area contributed by atoms with Crippen molar-refractivity contribution in [3.63, 3.8) is 0 Å². The topological polar surface area (TPSA) is 68.4 Å². The van der Waals surface area contributed by atoms with Gasteiger partial charge in [0.1, 0.15) is 0 Å². The van der Waals surface area contributed by atoms with Gasteiger partial charge in [-0.2, -0.15) is 4.98 Å². The zero-order valence-corrected chi connectivity index (χ0v) is 9.39. The third-order valence-corrected chi connectivity index (χ3v) is 2.74. The Morgan fingerprint density at radius 1 is 1.38 bits per heavy atom. The number of hydrogen-bond donors (Lipinski definition) is 1. The van der Waals surface area contributed by atoms with Crippen LogP contribution in [0.2, 0.25) is 0 Å². The third-order valence-electron chi connectivity index (χ3n) is 2.74. The molecule has 0 aromatic carbocycles. The molecule has 1 fully saturated rings. The van der Waals surface area contributed by atoms with Crippen LogP contribution in [0.5, 0.6) is 0 Å². The number of aryl methyl sites for hydroxylation is 1. The van der Waals surface area contributed by atoms with Crippen LogP contribution in [0.3, 0.4) is 0 Å². The zero-order chi connectivity index (χ0) is 11.2. The molecule has 1 N–H and O–H groups in total. The van der Waals surface area contributed by atoms with Crippen molar-refractivity contribution in [1.29, 1.82) is 0 Å². The number of ether oxygens (including phenoxy) is 1. The highest BCUT2D eigenvalue weighted by Gasteiger charge is 2.18. The van der Waals surface area contributed by atoms with Gasteiger partial charge in [0, 0.05) is 26.1 Å². The lowest BCUT2D eigenvalue weighted by Gasteiger charge is -2.03. The number of aliphatic hydroxyl groups excluding tert-OH is 1. The van der Waals surface area contributed by atoms with Crippen molar-refractivity contribution >= 4 is 0 Å². The molecule has 1 unspecified atom stereocenters. The Morgan fingerprint density at radius 2 is 2.31 bits per heavy atom. The molecule has 0 amide bonds. The average Bonchev–Trinajstić information content (AvgIpc) is 2.91. The molecule has 1 saturated heterocycles. The molecule has 5 heteroatoms. The summed E-state index contributed by atoms with van der Waals surface area (Å²) in [6, 6.07) is 0. The molecule has 5 nitrogen and oxygen atoms in total. The SMILES string of the molecule is OCCCCc1nc(CC2CCCO2)no1. The van der Waals surface area contributed by atoms with E-state index in [0.717, 1.165) is 51.0 Å². The van der Waals surface area contributed by atoms with Gasteiger partial charge in [-0.25, -0.2) is 0 Å². The highest BCUT2D eigenvalue weighted by Crippen LogP contribution is 2.15. The van der Waals surface area contributed by atoms with Crippen molar-refractivity contribution in [2.75, 3.05) is 13.2 Å². The molecule has 0 saturated carbocycles. The zero-order valence-electron chi connectivity index (χ0n) is 9.39. The molecule has 0 bridgehead atoms. The lowest BCUT2D eigenvalue weighted by molar-refractivity contribution is 0.109. The molecular weight excluding hydrogens is 208 g/mol. The standard InChI is InChI=1S/C11H18N2O3/c14-6-2-1-5-11-12-10(13-16-11)8-9-4-3-7-15-9/h9,14H,1-8H2. The van der Waals surface area contributed by atoms with Crippen LogP contribution in [-0.4, -0.2) is 34.6 Å². The number of unbranched alkanes of at least 4 members (excludes halogenated alkanes) is 1. The minimum atomic E-state index is 0.219. The van der Waals surface area contributed by atoms with Gasteiger partial charge in [-0.15, -0.1) is 0 Å². The van der Waals surface area contributed by atoms with Gasteiger partial charge in [0.25, 0.3) is 0 Å². The summed E-state index contributed by atoms with van der Waals surface area (Å²) in [7, 11) is 0. The Morgan fingerprint density at radius 3 is 3.06 bits per heavy atom. The molecule has 0 radical (unpaired) electrons. The number of aromatic nitrogens is 2. The predicted octanol–water partition coefficient (Wildman–Crippen LogP) is 1.11.